The fraction of sp³-hybridized carbons (Fsp3) is 1.00. The van der Waals surface area contributed by atoms with Crippen LogP contribution in [-0.4, -0.2) is 19.6 Å². The second-order valence-electron chi connectivity index (χ2n) is 5.80. The zero-order valence-corrected chi connectivity index (χ0v) is 12.5. The van der Waals surface area contributed by atoms with E-state index in [2.05, 4.69) is 33.0 Å². The van der Waals surface area contributed by atoms with Gasteiger partial charge in [0.05, 0.1) is 0 Å². The van der Waals surface area contributed by atoms with Gasteiger partial charge in [-0.25, -0.2) is 0 Å². The van der Waals surface area contributed by atoms with Gasteiger partial charge < -0.3 is 11.1 Å². The Hall–Kier alpha value is -0.0800. The highest BCUT2D eigenvalue weighted by atomic mass is 14.8. The number of rotatable bonds is 11. The average molecular weight is 242 g/mol. The molecule has 0 aliphatic carbocycles. The highest BCUT2D eigenvalue weighted by Crippen LogP contribution is 2.16. The molecule has 0 amide bonds. The molecule has 2 atom stereocenters. The Morgan fingerprint density at radius 2 is 1.76 bits per heavy atom. The van der Waals surface area contributed by atoms with E-state index < -0.39 is 0 Å². The topological polar surface area (TPSA) is 38.0 Å². The molecule has 0 aromatic heterocycles. The van der Waals surface area contributed by atoms with Gasteiger partial charge in [-0.05, 0) is 56.7 Å². The summed E-state index contributed by atoms with van der Waals surface area (Å²) in [6.45, 7) is 12.4. The number of nitrogens with one attached hydrogen (secondary N) is 1. The summed E-state index contributed by atoms with van der Waals surface area (Å²) >= 11 is 0. The largest absolute Gasteiger partial charge is 0.330 e. The Bertz CT molecular complexity index is 151. The molecular formula is C15H34N2. The SMILES string of the molecule is CCCC(CCN)CCCNCC(C)C(C)C. The van der Waals surface area contributed by atoms with Crippen LogP contribution in [0.4, 0.5) is 0 Å². The van der Waals surface area contributed by atoms with Crippen molar-refractivity contribution >= 4 is 0 Å². The zero-order valence-electron chi connectivity index (χ0n) is 12.5. The average Bonchev–Trinajstić information content (AvgIpc) is 2.28. The van der Waals surface area contributed by atoms with Crippen LogP contribution in [0.5, 0.6) is 0 Å². The molecule has 0 saturated carbocycles. The van der Waals surface area contributed by atoms with Crippen LogP contribution in [0, 0.1) is 17.8 Å². The Morgan fingerprint density at radius 1 is 1.06 bits per heavy atom. The van der Waals surface area contributed by atoms with Gasteiger partial charge >= 0.3 is 0 Å². The van der Waals surface area contributed by atoms with E-state index in [9.17, 15) is 0 Å². The lowest BCUT2D eigenvalue weighted by atomic mass is 9.94. The minimum atomic E-state index is 0.783. The van der Waals surface area contributed by atoms with Gasteiger partial charge in [-0.15, -0.1) is 0 Å². The van der Waals surface area contributed by atoms with Crippen molar-refractivity contribution in [2.24, 2.45) is 23.5 Å². The Labute approximate surface area is 109 Å². The van der Waals surface area contributed by atoms with E-state index in [1.165, 1.54) is 38.6 Å². The van der Waals surface area contributed by atoms with Crippen LogP contribution in [0.1, 0.15) is 59.8 Å². The van der Waals surface area contributed by atoms with Gasteiger partial charge in [-0.1, -0.05) is 40.5 Å². The summed E-state index contributed by atoms with van der Waals surface area (Å²) in [7, 11) is 0. The van der Waals surface area contributed by atoms with Crippen molar-refractivity contribution in [3.05, 3.63) is 0 Å². The monoisotopic (exact) mass is 242 g/mol. The molecule has 2 unspecified atom stereocenters. The number of hydrogen-bond donors (Lipinski definition) is 2. The molecule has 17 heavy (non-hydrogen) atoms. The van der Waals surface area contributed by atoms with Gasteiger partial charge in [0, 0.05) is 0 Å². The van der Waals surface area contributed by atoms with Gasteiger partial charge in [-0.3, -0.25) is 0 Å². The normalized spacial score (nSPS) is 15.2. The molecule has 0 saturated heterocycles. The summed E-state index contributed by atoms with van der Waals surface area (Å²) < 4.78 is 0. The summed E-state index contributed by atoms with van der Waals surface area (Å²) in [5, 5.41) is 3.57. The molecule has 0 aliphatic rings. The highest BCUT2D eigenvalue weighted by molar-refractivity contribution is 4.63. The summed E-state index contributed by atoms with van der Waals surface area (Å²) in [6, 6.07) is 0. The lowest BCUT2D eigenvalue weighted by Crippen LogP contribution is -2.25. The van der Waals surface area contributed by atoms with Crippen LogP contribution < -0.4 is 11.1 Å². The van der Waals surface area contributed by atoms with Crippen molar-refractivity contribution in [2.75, 3.05) is 19.6 Å². The van der Waals surface area contributed by atoms with Gasteiger partial charge in [-0.2, -0.15) is 0 Å². The van der Waals surface area contributed by atoms with Crippen molar-refractivity contribution in [3.63, 3.8) is 0 Å². The molecular weight excluding hydrogens is 208 g/mol. The van der Waals surface area contributed by atoms with Gasteiger partial charge in [0.1, 0.15) is 0 Å². The second kappa shape index (κ2) is 11.0. The van der Waals surface area contributed by atoms with Crippen LogP contribution in [0.3, 0.4) is 0 Å². The molecule has 0 fully saturated rings. The summed E-state index contributed by atoms with van der Waals surface area (Å²) in [5.74, 6) is 2.42. The van der Waals surface area contributed by atoms with Crippen molar-refractivity contribution in [3.8, 4) is 0 Å². The van der Waals surface area contributed by atoms with Crippen LogP contribution in [0.15, 0.2) is 0 Å². The van der Waals surface area contributed by atoms with Crippen LogP contribution >= 0.6 is 0 Å². The van der Waals surface area contributed by atoms with E-state index in [-0.39, 0.29) is 0 Å². The number of hydrogen-bond acceptors (Lipinski definition) is 2. The first-order valence-electron chi connectivity index (χ1n) is 7.52. The first kappa shape index (κ1) is 16.9. The first-order valence-corrected chi connectivity index (χ1v) is 7.52. The van der Waals surface area contributed by atoms with E-state index >= 15 is 0 Å². The second-order valence-corrected chi connectivity index (χ2v) is 5.80. The maximum Gasteiger partial charge on any atom is -0.00207 e. The van der Waals surface area contributed by atoms with E-state index in [0.29, 0.717) is 0 Å². The highest BCUT2D eigenvalue weighted by Gasteiger charge is 2.08. The fourth-order valence-electron chi connectivity index (χ4n) is 2.16. The molecule has 0 rings (SSSR count). The van der Waals surface area contributed by atoms with Crippen LogP contribution in [-0.2, 0) is 0 Å². The Balaban J connectivity index is 3.47. The quantitative estimate of drug-likeness (QED) is 0.545. The minimum absolute atomic E-state index is 0.783. The van der Waals surface area contributed by atoms with E-state index in [0.717, 1.165) is 30.8 Å². The van der Waals surface area contributed by atoms with Gasteiger partial charge in [0.2, 0.25) is 0 Å². The van der Waals surface area contributed by atoms with Crippen LogP contribution in [0.2, 0.25) is 0 Å². The Kier molecular flexibility index (Phi) is 11.0. The maximum atomic E-state index is 5.65. The van der Waals surface area contributed by atoms with Crippen molar-refractivity contribution in [1.82, 2.24) is 5.32 Å². The molecule has 0 spiro atoms. The maximum absolute atomic E-state index is 5.65. The molecule has 0 heterocycles. The van der Waals surface area contributed by atoms with Crippen LogP contribution in [0.25, 0.3) is 0 Å². The lowest BCUT2D eigenvalue weighted by molar-refractivity contribution is 0.373. The lowest BCUT2D eigenvalue weighted by Gasteiger charge is -2.18. The molecule has 3 N–H and O–H groups in total. The smallest absolute Gasteiger partial charge is 0.00207 e. The molecule has 0 bridgehead atoms. The number of nitrogens with two attached hydrogens (primary N) is 1. The molecule has 0 aliphatic heterocycles. The first-order chi connectivity index (χ1) is 8.11. The van der Waals surface area contributed by atoms with Gasteiger partial charge in [0.25, 0.3) is 0 Å². The summed E-state index contributed by atoms with van der Waals surface area (Å²) in [5.41, 5.74) is 5.65. The predicted molar refractivity (Wildman–Crippen MR) is 78.2 cm³/mol. The third-order valence-corrected chi connectivity index (χ3v) is 3.84. The van der Waals surface area contributed by atoms with Gasteiger partial charge in [0.15, 0.2) is 0 Å². The van der Waals surface area contributed by atoms with Crippen molar-refractivity contribution < 1.29 is 0 Å². The predicted octanol–water partition coefficient (Wildman–Crippen LogP) is 3.41. The molecule has 0 aromatic carbocycles. The molecule has 0 aromatic rings. The molecule has 2 nitrogen and oxygen atoms in total. The summed E-state index contributed by atoms with van der Waals surface area (Å²) in [6.07, 6.45) is 6.49. The third kappa shape index (κ3) is 9.61. The molecule has 104 valence electrons. The molecule has 0 radical (unpaired) electrons. The van der Waals surface area contributed by atoms with E-state index in [1.54, 1.807) is 0 Å². The zero-order chi connectivity index (χ0) is 13.1. The van der Waals surface area contributed by atoms with Crippen molar-refractivity contribution in [2.45, 2.75) is 59.8 Å². The Morgan fingerprint density at radius 3 is 2.29 bits per heavy atom. The fourth-order valence-corrected chi connectivity index (χ4v) is 2.16. The van der Waals surface area contributed by atoms with Crippen molar-refractivity contribution in [1.29, 1.82) is 0 Å². The van der Waals surface area contributed by atoms with E-state index in [1.807, 2.05) is 0 Å². The summed E-state index contributed by atoms with van der Waals surface area (Å²) in [4.78, 5) is 0. The third-order valence-electron chi connectivity index (χ3n) is 3.84. The van der Waals surface area contributed by atoms with E-state index in [4.69, 9.17) is 5.73 Å². The standard InChI is InChI=1S/C15H34N2/c1-5-7-15(9-10-16)8-6-11-17-12-14(4)13(2)3/h13-15,17H,5-12,16H2,1-4H3. The molecule has 2 heteroatoms. The minimum Gasteiger partial charge on any atom is -0.330 e.